The molecule has 7 N–H and O–H groups in total. The molecular weight excluding hydrogens is 416 g/mol. The summed E-state index contributed by atoms with van der Waals surface area (Å²) in [6, 6.07) is -4.83. The van der Waals surface area contributed by atoms with Crippen molar-refractivity contribution in [2.24, 2.45) is 17.6 Å². The van der Waals surface area contributed by atoms with E-state index in [0.717, 1.165) is 0 Å². The van der Waals surface area contributed by atoms with Crippen molar-refractivity contribution in [3.8, 4) is 0 Å². The molecule has 0 fully saturated rings. The molecule has 0 aromatic carbocycles. The highest BCUT2D eigenvalue weighted by molar-refractivity contribution is 7.80. The van der Waals surface area contributed by atoms with Crippen LogP contribution < -0.4 is 21.7 Å². The zero-order chi connectivity index (χ0) is 23.6. The second kappa shape index (κ2) is 13.1. The van der Waals surface area contributed by atoms with Crippen molar-refractivity contribution in [3.63, 3.8) is 0 Å². The average molecular weight is 449 g/mol. The maximum absolute atomic E-state index is 12.5. The van der Waals surface area contributed by atoms with Gasteiger partial charge in [-0.25, -0.2) is 4.79 Å². The first-order valence-electron chi connectivity index (χ1n) is 9.57. The van der Waals surface area contributed by atoms with Crippen molar-refractivity contribution < 1.29 is 34.2 Å². The van der Waals surface area contributed by atoms with Gasteiger partial charge in [0.2, 0.25) is 17.7 Å². The van der Waals surface area contributed by atoms with E-state index >= 15 is 0 Å². The summed E-state index contributed by atoms with van der Waals surface area (Å²) in [5.74, 6) is -5.77. The molecule has 0 rings (SSSR count). The molecule has 0 aromatic heterocycles. The number of carboxylic acids is 2. The Kier molecular flexibility index (Phi) is 12.0. The van der Waals surface area contributed by atoms with Crippen LogP contribution in [-0.2, 0) is 24.0 Å². The second-order valence-corrected chi connectivity index (χ2v) is 7.75. The average Bonchev–Trinajstić information content (AvgIpc) is 2.67. The highest BCUT2D eigenvalue weighted by Gasteiger charge is 2.32. The van der Waals surface area contributed by atoms with Crippen LogP contribution in [0.2, 0.25) is 0 Å². The van der Waals surface area contributed by atoms with Gasteiger partial charge in [0, 0.05) is 5.75 Å². The largest absolute Gasteiger partial charge is 0.481 e. The summed E-state index contributed by atoms with van der Waals surface area (Å²) in [6.45, 7) is 6.80. The summed E-state index contributed by atoms with van der Waals surface area (Å²) in [4.78, 5) is 59.6. The Bertz CT molecular complexity index is 644. The lowest BCUT2D eigenvalue weighted by Gasteiger charge is -2.25. The first-order chi connectivity index (χ1) is 13.8. The summed E-state index contributed by atoms with van der Waals surface area (Å²) in [5.41, 5.74) is 5.72. The highest BCUT2D eigenvalue weighted by atomic mass is 32.1. The maximum atomic E-state index is 12.5. The van der Waals surface area contributed by atoms with E-state index in [9.17, 15) is 29.1 Å². The van der Waals surface area contributed by atoms with E-state index < -0.39 is 60.2 Å². The van der Waals surface area contributed by atoms with E-state index in [1.807, 2.05) is 0 Å². The number of nitrogens with two attached hydrogens (primary N) is 1. The van der Waals surface area contributed by atoms with E-state index in [1.165, 1.54) is 0 Å². The van der Waals surface area contributed by atoms with E-state index in [2.05, 4.69) is 28.6 Å². The Morgan fingerprint density at radius 1 is 0.900 bits per heavy atom. The van der Waals surface area contributed by atoms with Gasteiger partial charge >= 0.3 is 11.9 Å². The Hall–Kier alpha value is -2.34. The fourth-order valence-corrected chi connectivity index (χ4v) is 2.62. The molecule has 0 aromatic rings. The molecule has 0 aliphatic carbocycles. The van der Waals surface area contributed by atoms with Crippen LogP contribution in [0, 0.1) is 11.8 Å². The molecule has 11 nitrogen and oxygen atoms in total. The monoisotopic (exact) mass is 448 g/mol. The molecule has 12 heteroatoms. The second-order valence-electron chi connectivity index (χ2n) is 7.38. The summed E-state index contributed by atoms with van der Waals surface area (Å²) >= 11 is 4.00. The molecule has 0 aliphatic rings. The third-order valence-corrected chi connectivity index (χ3v) is 4.99. The van der Waals surface area contributed by atoms with Gasteiger partial charge in [0.05, 0.1) is 12.5 Å². The third kappa shape index (κ3) is 8.99. The van der Waals surface area contributed by atoms with Crippen LogP contribution in [0.3, 0.4) is 0 Å². The summed E-state index contributed by atoms with van der Waals surface area (Å²) in [7, 11) is 0. The van der Waals surface area contributed by atoms with E-state index in [1.54, 1.807) is 27.7 Å². The predicted octanol–water partition coefficient (Wildman–Crippen LogP) is -1.04. The molecule has 0 saturated carbocycles. The minimum Gasteiger partial charge on any atom is -0.481 e. The van der Waals surface area contributed by atoms with Gasteiger partial charge < -0.3 is 31.9 Å². The van der Waals surface area contributed by atoms with Crippen molar-refractivity contribution in [2.45, 2.75) is 64.7 Å². The number of carbonyl (C=O) groups is 5. The lowest BCUT2D eigenvalue weighted by molar-refractivity contribution is -0.144. The number of rotatable bonds is 13. The molecule has 0 aliphatic heterocycles. The summed E-state index contributed by atoms with van der Waals surface area (Å²) in [6.07, 6.45) is -0.230. The van der Waals surface area contributed by atoms with Gasteiger partial charge in [-0.15, -0.1) is 0 Å². The molecule has 3 amide bonds. The standard InChI is InChI=1S/C18H32N4O7S/c1-5-9(4)14(18(28)29)22-16(26)11(7-30)21-15(25)10(6-12(23)24)20-17(27)13(19)8(2)3/h8-11,13-14,30H,5-7,19H2,1-4H3,(H,20,27)(H,21,25)(H,22,26)(H,23,24)(H,28,29). The van der Waals surface area contributed by atoms with E-state index in [-0.39, 0.29) is 17.6 Å². The molecule has 172 valence electrons. The van der Waals surface area contributed by atoms with Crippen molar-refractivity contribution in [2.75, 3.05) is 5.75 Å². The van der Waals surface area contributed by atoms with Crippen LogP contribution >= 0.6 is 12.6 Å². The fourth-order valence-electron chi connectivity index (χ4n) is 2.36. The smallest absolute Gasteiger partial charge is 0.326 e. The van der Waals surface area contributed by atoms with Gasteiger partial charge in [-0.3, -0.25) is 19.2 Å². The summed E-state index contributed by atoms with van der Waals surface area (Å²) < 4.78 is 0. The number of thiol groups is 1. The van der Waals surface area contributed by atoms with Crippen LogP contribution in [0.25, 0.3) is 0 Å². The van der Waals surface area contributed by atoms with Gasteiger partial charge in [-0.1, -0.05) is 34.1 Å². The minimum atomic E-state index is -1.47. The van der Waals surface area contributed by atoms with Crippen molar-refractivity contribution in [3.05, 3.63) is 0 Å². The number of aliphatic carboxylic acids is 2. The predicted molar refractivity (Wildman–Crippen MR) is 112 cm³/mol. The topological polar surface area (TPSA) is 188 Å². The number of hydrogen-bond acceptors (Lipinski definition) is 7. The SMILES string of the molecule is CCC(C)C(NC(=O)C(CS)NC(=O)C(CC(=O)O)NC(=O)C(N)C(C)C)C(=O)O. The van der Waals surface area contributed by atoms with E-state index in [4.69, 9.17) is 10.8 Å². The van der Waals surface area contributed by atoms with Gasteiger partial charge in [0.25, 0.3) is 0 Å². The Labute approximate surface area is 180 Å². The first kappa shape index (κ1) is 27.7. The van der Waals surface area contributed by atoms with Crippen LogP contribution in [0.4, 0.5) is 0 Å². The van der Waals surface area contributed by atoms with Crippen molar-refractivity contribution in [1.29, 1.82) is 0 Å². The van der Waals surface area contributed by atoms with Crippen LogP contribution in [-0.4, -0.2) is 69.8 Å². The zero-order valence-electron chi connectivity index (χ0n) is 17.5. The third-order valence-electron chi connectivity index (χ3n) is 4.63. The maximum Gasteiger partial charge on any atom is 0.326 e. The van der Waals surface area contributed by atoms with Gasteiger partial charge in [-0.2, -0.15) is 12.6 Å². The molecule has 0 radical (unpaired) electrons. The molecule has 30 heavy (non-hydrogen) atoms. The Morgan fingerprint density at radius 3 is 1.80 bits per heavy atom. The van der Waals surface area contributed by atoms with Gasteiger partial charge in [0.15, 0.2) is 0 Å². The molecule has 5 atom stereocenters. The quantitative estimate of drug-likeness (QED) is 0.174. The minimum absolute atomic E-state index is 0.177. The number of nitrogens with one attached hydrogen (secondary N) is 3. The lowest BCUT2D eigenvalue weighted by atomic mass is 9.99. The number of carboxylic acid groups (broad SMARTS) is 2. The molecule has 0 spiro atoms. The molecule has 0 saturated heterocycles. The zero-order valence-corrected chi connectivity index (χ0v) is 18.4. The van der Waals surface area contributed by atoms with Crippen LogP contribution in [0.1, 0.15) is 40.5 Å². The highest BCUT2D eigenvalue weighted by Crippen LogP contribution is 2.09. The lowest BCUT2D eigenvalue weighted by Crippen LogP contribution is -2.58. The Balaban J connectivity index is 5.32. The normalized spacial score (nSPS) is 16.0. The van der Waals surface area contributed by atoms with Crippen molar-refractivity contribution in [1.82, 2.24) is 16.0 Å². The van der Waals surface area contributed by atoms with Crippen molar-refractivity contribution >= 4 is 42.3 Å². The molecule has 5 unspecified atom stereocenters. The van der Waals surface area contributed by atoms with Crippen LogP contribution in [0.5, 0.6) is 0 Å². The molecule has 0 heterocycles. The van der Waals surface area contributed by atoms with Crippen LogP contribution in [0.15, 0.2) is 0 Å². The number of hydrogen-bond donors (Lipinski definition) is 7. The summed E-state index contributed by atoms with van der Waals surface area (Å²) in [5, 5.41) is 25.3. The molecule has 0 bridgehead atoms. The van der Waals surface area contributed by atoms with Gasteiger partial charge in [-0.05, 0) is 11.8 Å². The molecular formula is C18H32N4O7S. The fraction of sp³-hybridized carbons (Fsp3) is 0.722. The number of carbonyl (C=O) groups excluding carboxylic acids is 3. The van der Waals surface area contributed by atoms with Gasteiger partial charge in [0.1, 0.15) is 18.1 Å². The number of amides is 3. The first-order valence-corrected chi connectivity index (χ1v) is 10.2. The van der Waals surface area contributed by atoms with E-state index in [0.29, 0.717) is 6.42 Å². The Morgan fingerprint density at radius 2 is 1.40 bits per heavy atom.